The van der Waals surface area contributed by atoms with Crippen molar-refractivity contribution in [1.82, 2.24) is 0 Å². The molecule has 3 nitrogen and oxygen atoms in total. The summed E-state index contributed by atoms with van der Waals surface area (Å²) in [6.07, 6.45) is 2.14. The Morgan fingerprint density at radius 2 is 1.76 bits per heavy atom. The molecule has 0 atom stereocenters. The first-order chi connectivity index (χ1) is 8.06. The fourth-order valence-corrected chi connectivity index (χ4v) is 2.21. The molecule has 0 saturated carbocycles. The van der Waals surface area contributed by atoms with Crippen molar-refractivity contribution in [3.63, 3.8) is 0 Å². The summed E-state index contributed by atoms with van der Waals surface area (Å²) >= 11 is 0. The lowest BCUT2D eigenvalue weighted by atomic mass is 10.0. The summed E-state index contributed by atoms with van der Waals surface area (Å²) in [5.74, 6) is -0.240. The van der Waals surface area contributed by atoms with E-state index in [0.717, 1.165) is 16.3 Å². The molecule has 89 valence electrons. The Balaban J connectivity index is 2.19. The second-order valence-electron chi connectivity index (χ2n) is 3.85. The van der Waals surface area contributed by atoms with Crippen LogP contribution in [0.5, 0.6) is 0 Å². The minimum Gasteiger partial charge on any atom is -0.286 e. The van der Waals surface area contributed by atoms with Gasteiger partial charge in [-0.25, -0.2) is 0 Å². The van der Waals surface area contributed by atoms with Crippen LogP contribution in [0.1, 0.15) is 12.0 Å². The molecule has 1 radical (unpaired) electrons. The molecule has 0 aromatic heterocycles. The van der Waals surface area contributed by atoms with Gasteiger partial charge in [0.05, 0.1) is 5.75 Å². The van der Waals surface area contributed by atoms with Crippen LogP contribution in [-0.4, -0.2) is 18.7 Å². The highest BCUT2D eigenvalue weighted by Crippen LogP contribution is 2.20. The molecule has 17 heavy (non-hydrogen) atoms. The van der Waals surface area contributed by atoms with E-state index in [-0.39, 0.29) is 5.75 Å². The van der Waals surface area contributed by atoms with Gasteiger partial charge in [-0.3, -0.25) is 4.55 Å². The molecule has 0 spiro atoms. The van der Waals surface area contributed by atoms with Gasteiger partial charge in [0, 0.05) is 0 Å². The van der Waals surface area contributed by atoms with Crippen molar-refractivity contribution in [3.05, 3.63) is 54.4 Å². The Kier molecular flexibility index (Phi) is 3.45. The van der Waals surface area contributed by atoms with E-state index in [1.54, 1.807) is 0 Å². The molecule has 0 heterocycles. The van der Waals surface area contributed by atoms with E-state index in [0.29, 0.717) is 6.42 Å². The molecule has 2 aromatic carbocycles. The van der Waals surface area contributed by atoms with Crippen molar-refractivity contribution in [2.75, 3.05) is 5.75 Å². The maximum Gasteiger partial charge on any atom is 0.264 e. The van der Waals surface area contributed by atoms with Crippen molar-refractivity contribution < 1.29 is 13.0 Å². The maximum absolute atomic E-state index is 10.6. The van der Waals surface area contributed by atoms with Crippen LogP contribution in [0.2, 0.25) is 0 Å². The Morgan fingerprint density at radius 1 is 1.06 bits per heavy atom. The summed E-state index contributed by atoms with van der Waals surface area (Å²) in [5.41, 5.74) is 0.992. The summed E-state index contributed by atoms with van der Waals surface area (Å²) in [6, 6.07) is 13.8. The number of hydrogen-bond acceptors (Lipinski definition) is 2. The molecule has 0 aliphatic heterocycles. The average molecular weight is 249 g/mol. The van der Waals surface area contributed by atoms with Crippen molar-refractivity contribution >= 4 is 20.9 Å². The van der Waals surface area contributed by atoms with Crippen molar-refractivity contribution in [1.29, 1.82) is 0 Å². The first-order valence-corrected chi connectivity index (χ1v) is 6.93. The Labute approximate surface area is 101 Å². The largest absolute Gasteiger partial charge is 0.286 e. The normalized spacial score (nSPS) is 11.8. The first-order valence-electron chi connectivity index (χ1n) is 5.32. The number of benzene rings is 2. The van der Waals surface area contributed by atoms with E-state index in [1.807, 2.05) is 48.9 Å². The smallest absolute Gasteiger partial charge is 0.264 e. The van der Waals surface area contributed by atoms with Gasteiger partial charge in [0.2, 0.25) is 0 Å². The van der Waals surface area contributed by atoms with Gasteiger partial charge in [-0.1, -0.05) is 42.5 Å². The Bertz CT molecular complexity index is 612. The predicted octanol–water partition coefficient (Wildman–Crippen LogP) is 2.67. The van der Waals surface area contributed by atoms with Gasteiger partial charge in [0.1, 0.15) is 0 Å². The molecular weight excluding hydrogens is 236 g/mol. The second kappa shape index (κ2) is 4.85. The van der Waals surface area contributed by atoms with Crippen LogP contribution in [-0.2, 0) is 10.1 Å². The van der Waals surface area contributed by atoms with E-state index in [9.17, 15) is 8.42 Å². The fraction of sp³-hybridized carbons (Fsp3) is 0.154. The molecule has 0 bridgehead atoms. The summed E-state index contributed by atoms with van der Waals surface area (Å²) in [6.45, 7) is 0. The molecule has 2 rings (SSSR count). The second-order valence-corrected chi connectivity index (χ2v) is 5.42. The average Bonchev–Trinajstić information content (AvgIpc) is 2.28. The van der Waals surface area contributed by atoms with Crippen LogP contribution in [0.15, 0.2) is 42.5 Å². The quantitative estimate of drug-likeness (QED) is 0.847. The maximum atomic E-state index is 10.6. The third kappa shape index (κ3) is 3.28. The minimum absolute atomic E-state index is 0.240. The zero-order valence-electron chi connectivity index (χ0n) is 9.20. The van der Waals surface area contributed by atoms with Gasteiger partial charge < -0.3 is 0 Å². The molecule has 2 aromatic rings. The number of rotatable bonds is 4. The van der Waals surface area contributed by atoms with Crippen LogP contribution in [0, 0.1) is 6.42 Å². The van der Waals surface area contributed by atoms with Crippen LogP contribution in [0.4, 0.5) is 0 Å². The third-order valence-electron chi connectivity index (χ3n) is 2.56. The molecule has 0 aliphatic carbocycles. The highest BCUT2D eigenvalue weighted by atomic mass is 32.2. The van der Waals surface area contributed by atoms with Crippen molar-refractivity contribution in [3.8, 4) is 0 Å². The van der Waals surface area contributed by atoms with Gasteiger partial charge >= 0.3 is 0 Å². The zero-order chi connectivity index (χ0) is 12.3. The lowest BCUT2D eigenvalue weighted by Crippen LogP contribution is -2.04. The van der Waals surface area contributed by atoms with Crippen molar-refractivity contribution in [2.24, 2.45) is 0 Å². The summed E-state index contributed by atoms with van der Waals surface area (Å²) in [7, 11) is -3.88. The predicted molar refractivity (Wildman–Crippen MR) is 68.4 cm³/mol. The SMILES string of the molecule is O=S(=O)(O)CC[CH]c1cccc2ccccc12. The monoisotopic (exact) mass is 249 g/mol. The zero-order valence-corrected chi connectivity index (χ0v) is 10.0. The van der Waals surface area contributed by atoms with E-state index < -0.39 is 10.1 Å². The highest BCUT2D eigenvalue weighted by molar-refractivity contribution is 7.85. The van der Waals surface area contributed by atoms with E-state index in [2.05, 4.69) is 0 Å². The van der Waals surface area contributed by atoms with Crippen molar-refractivity contribution in [2.45, 2.75) is 6.42 Å². The molecule has 0 unspecified atom stereocenters. The van der Waals surface area contributed by atoms with Crippen LogP contribution in [0.3, 0.4) is 0 Å². The lowest BCUT2D eigenvalue weighted by Gasteiger charge is -2.05. The summed E-state index contributed by atoms with van der Waals surface area (Å²) < 4.78 is 29.9. The third-order valence-corrected chi connectivity index (χ3v) is 3.32. The molecule has 0 aliphatic rings. The standard InChI is InChI=1S/C13H13O3S/c14-17(15,16)10-4-8-12-7-3-6-11-5-1-2-9-13(11)12/h1-3,5-9H,4,10H2,(H,14,15,16). The first kappa shape index (κ1) is 12.1. The van der Waals surface area contributed by atoms with Gasteiger partial charge in [-0.15, -0.1) is 0 Å². The molecule has 0 amide bonds. The van der Waals surface area contributed by atoms with Gasteiger partial charge in [0.25, 0.3) is 10.1 Å². The summed E-state index contributed by atoms with van der Waals surface area (Å²) in [5, 5.41) is 2.21. The Morgan fingerprint density at radius 3 is 2.53 bits per heavy atom. The van der Waals surface area contributed by atoms with E-state index in [4.69, 9.17) is 4.55 Å². The highest BCUT2D eigenvalue weighted by Gasteiger charge is 2.06. The molecular formula is C13H13O3S. The molecule has 0 fully saturated rings. The van der Waals surface area contributed by atoms with Gasteiger partial charge in [-0.05, 0) is 29.2 Å². The van der Waals surface area contributed by atoms with E-state index in [1.165, 1.54) is 0 Å². The minimum atomic E-state index is -3.88. The van der Waals surface area contributed by atoms with Gasteiger partial charge in [-0.2, -0.15) is 8.42 Å². The number of hydrogen-bond donors (Lipinski definition) is 1. The van der Waals surface area contributed by atoms with Crippen LogP contribution < -0.4 is 0 Å². The molecule has 0 saturated heterocycles. The summed E-state index contributed by atoms with van der Waals surface area (Å²) in [4.78, 5) is 0. The topological polar surface area (TPSA) is 54.4 Å². The van der Waals surface area contributed by atoms with Crippen LogP contribution >= 0.6 is 0 Å². The van der Waals surface area contributed by atoms with Crippen LogP contribution in [0.25, 0.3) is 10.8 Å². The molecule has 4 heteroatoms. The Hall–Kier alpha value is -1.39. The van der Waals surface area contributed by atoms with E-state index >= 15 is 0 Å². The molecule has 1 N–H and O–H groups in total. The number of fused-ring (bicyclic) bond motifs is 1. The van der Waals surface area contributed by atoms with Gasteiger partial charge in [0.15, 0.2) is 0 Å². The fourth-order valence-electron chi connectivity index (χ4n) is 1.79. The lowest BCUT2D eigenvalue weighted by molar-refractivity contribution is 0.482.